The summed E-state index contributed by atoms with van der Waals surface area (Å²) in [6.45, 7) is 8.33. The maximum Gasteiger partial charge on any atom is 0.231 e. The molecule has 2 aromatic carbocycles. The van der Waals surface area contributed by atoms with Crippen molar-refractivity contribution in [2.24, 2.45) is 0 Å². The van der Waals surface area contributed by atoms with Gasteiger partial charge >= 0.3 is 0 Å². The molecular weight excluding hydrogens is 433 g/mol. The molecule has 0 saturated heterocycles. The summed E-state index contributed by atoms with van der Waals surface area (Å²) < 4.78 is 18.6. The topological polar surface area (TPSA) is 110 Å². The molecule has 0 radical (unpaired) electrons. The largest absolute Gasteiger partial charge is 0.426 e. The lowest BCUT2D eigenvalue weighted by Gasteiger charge is -2.21. The van der Waals surface area contributed by atoms with E-state index in [1.165, 1.54) is 19.1 Å². The van der Waals surface area contributed by atoms with Gasteiger partial charge in [-0.3, -0.25) is 10.8 Å². The van der Waals surface area contributed by atoms with Crippen LogP contribution >= 0.6 is 0 Å². The van der Waals surface area contributed by atoms with Crippen molar-refractivity contribution in [1.29, 1.82) is 10.8 Å². The highest BCUT2D eigenvalue weighted by atomic mass is 19.1. The summed E-state index contributed by atoms with van der Waals surface area (Å²) in [6.07, 6.45) is 0. The molecule has 0 spiro atoms. The third kappa shape index (κ3) is 4.41. The van der Waals surface area contributed by atoms with Crippen LogP contribution in [0.4, 0.5) is 33.3 Å². The number of halogens is 1. The van der Waals surface area contributed by atoms with Crippen LogP contribution in [0.2, 0.25) is 0 Å². The Kier molecular flexibility index (Phi) is 5.95. The molecule has 176 valence electrons. The third-order valence-corrected chi connectivity index (χ3v) is 5.73. The first kappa shape index (κ1) is 23.2. The lowest BCUT2D eigenvalue weighted by Crippen LogP contribution is -2.25. The number of hydrogen-bond acceptors (Lipinski definition) is 8. The quantitative estimate of drug-likeness (QED) is 0.296. The number of aromatic nitrogens is 2. The van der Waals surface area contributed by atoms with Crippen molar-refractivity contribution in [3.8, 4) is 0 Å². The number of ether oxygens (including phenoxy) is 1. The van der Waals surface area contributed by atoms with Crippen LogP contribution in [0, 0.1) is 23.6 Å². The van der Waals surface area contributed by atoms with Gasteiger partial charge in [0.15, 0.2) is 5.90 Å². The van der Waals surface area contributed by atoms with E-state index in [0.717, 1.165) is 34.1 Å². The van der Waals surface area contributed by atoms with Gasteiger partial charge in [0.25, 0.3) is 0 Å². The van der Waals surface area contributed by atoms with Gasteiger partial charge in [-0.2, -0.15) is 9.97 Å². The summed E-state index contributed by atoms with van der Waals surface area (Å²) in [7, 11) is 1.83. The molecule has 0 atom stereocenters. The second-order valence-electron chi connectivity index (χ2n) is 8.93. The normalized spacial score (nSPS) is 13.9. The van der Waals surface area contributed by atoms with Gasteiger partial charge in [-0.1, -0.05) is 13.8 Å². The molecule has 1 aliphatic heterocycles. The lowest BCUT2D eigenvalue weighted by molar-refractivity contribution is 0.531. The van der Waals surface area contributed by atoms with Crippen molar-refractivity contribution in [2.45, 2.75) is 33.1 Å². The van der Waals surface area contributed by atoms with Gasteiger partial charge in [0, 0.05) is 48.4 Å². The van der Waals surface area contributed by atoms with E-state index in [1.807, 2.05) is 26.1 Å². The molecule has 2 heterocycles. The van der Waals surface area contributed by atoms with Crippen molar-refractivity contribution in [2.75, 3.05) is 29.1 Å². The Morgan fingerprint density at radius 1 is 1.12 bits per heavy atom. The first-order valence-corrected chi connectivity index (χ1v) is 10.9. The molecule has 0 unspecified atom stereocenters. The zero-order chi connectivity index (χ0) is 24.6. The number of hydrogen-bond donors (Lipinski definition) is 4. The van der Waals surface area contributed by atoms with Crippen molar-refractivity contribution in [3.63, 3.8) is 0 Å². The lowest BCUT2D eigenvalue weighted by atomic mass is 9.88. The molecule has 1 aromatic heterocycles. The summed E-state index contributed by atoms with van der Waals surface area (Å²) in [4.78, 5) is 11.6. The third-order valence-electron chi connectivity index (χ3n) is 5.73. The van der Waals surface area contributed by atoms with E-state index in [-0.39, 0.29) is 23.0 Å². The second kappa shape index (κ2) is 8.74. The fraction of sp³-hybridized carbons (Fsp3) is 0.280. The van der Waals surface area contributed by atoms with Crippen LogP contribution < -0.4 is 15.5 Å². The predicted octanol–water partition coefficient (Wildman–Crippen LogP) is 5.48. The molecule has 0 amide bonds. The number of anilines is 5. The van der Waals surface area contributed by atoms with E-state index in [1.54, 1.807) is 18.2 Å². The van der Waals surface area contributed by atoms with Crippen LogP contribution in [0.3, 0.4) is 0 Å². The molecule has 3 aromatic rings. The minimum atomic E-state index is -0.281. The van der Waals surface area contributed by atoms with Gasteiger partial charge in [-0.05, 0) is 55.0 Å². The van der Waals surface area contributed by atoms with Gasteiger partial charge in [0.05, 0.1) is 0 Å². The van der Waals surface area contributed by atoms with Crippen LogP contribution in [0.1, 0.15) is 37.5 Å². The molecule has 0 saturated carbocycles. The molecule has 4 rings (SSSR count). The van der Waals surface area contributed by atoms with E-state index < -0.39 is 0 Å². The molecule has 1 aliphatic rings. The smallest absolute Gasteiger partial charge is 0.231 e. The molecular formula is C25H28FN7O. The minimum absolute atomic E-state index is 0.0358. The number of nitrogens with zero attached hydrogens (tertiary/aromatic N) is 3. The highest BCUT2D eigenvalue weighted by molar-refractivity contribution is 6.00. The summed E-state index contributed by atoms with van der Waals surface area (Å²) in [5.74, 6) is 1.53. The minimum Gasteiger partial charge on any atom is -0.426 e. The molecule has 34 heavy (non-hydrogen) atoms. The van der Waals surface area contributed by atoms with Gasteiger partial charge < -0.3 is 20.3 Å². The molecule has 4 N–H and O–H groups in total. The first-order valence-electron chi connectivity index (χ1n) is 10.9. The maximum absolute atomic E-state index is 13.5. The molecule has 0 aliphatic carbocycles. The summed E-state index contributed by atoms with van der Waals surface area (Å²) in [5.41, 5.74) is 3.83. The first-order chi connectivity index (χ1) is 16.1. The number of benzene rings is 2. The monoisotopic (exact) mass is 461 g/mol. The van der Waals surface area contributed by atoms with Gasteiger partial charge in [0.2, 0.25) is 11.8 Å². The number of nitrogens with one attached hydrogen (secondary N) is 4. The van der Waals surface area contributed by atoms with Crippen LogP contribution in [0.5, 0.6) is 0 Å². The highest BCUT2D eigenvalue weighted by Gasteiger charge is 2.40. The van der Waals surface area contributed by atoms with Gasteiger partial charge in [-0.25, -0.2) is 4.39 Å². The summed E-state index contributed by atoms with van der Waals surface area (Å²) >= 11 is 0. The molecule has 9 heteroatoms. The van der Waals surface area contributed by atoms with Gasteiger partial charge in [-0.15, -0.1) is 0 Å². The Bertz CT molecular complexity index is 1270. The van der Waals surface area contributed by atoms with Crippen LogP contribution in [0.15, 0.2) is 42.5 Å². The average Bonchev–Trinajstić information content (AvgIpc) is 3.04. The standard InChI is InChI=1S/C25H28FN7O/c1-14-12-17(8-11-19(14)21(28)34-15(2)27)30-24-31-22(29-5)20-23(32-24)33(13-25(20,3)4)18-9-6-16(26)7-10-18/h6-12,27-28H,13H2,1-5H3,(H2,29,30,31,32). The average molecular weight is 462 g/mol. The Labute approximate surface area is 198 Å². The Morgan fingerprint density at radius 2 is 1.82 bits per heavy atom. The Hall–Kier alpha value is -4.01. The second-order valence-corrected chi connectivity index (χ2v) is 8.93. The van der Waals surface area contributed by atoms with E-state index in [4.69, 9.17) is 25.5 Å². The number of fused-ring (bicyclic) bond motifs is 1. The summed E-state index contributed by atoms with van der Waals surface area (Å²) in [6, 6.07) is 11.9. The van der Waals surface area contributed by atoms with E-state index >= 15 is 0 Å². The van der Waals surface area contributed by atoms with Crippen molar-refractivity contribution >= 4 is 40.8 Å². The van der Waals surface area contributed by atoms with Crippen LogP contribution in [0.25, 0.3) is 0 Å². The summed E-state index contributed by atoms with van der Waals surface area (Å²) in [5, 5.41) is 21.9. The molecule has 0 fully saturated rings. The van der Waals surface area contributed by atoms with E-state index in [9.17, 15) is 4.39 Å². The van der Waals surface area contributed by atoms with Crippen molar-refractivity contribution in [1.82, 2.24) is 9.97 Å². The number of rotatable bonds is 5. The van der Waals surface area contributed by atoms with Gasteiger partial charge in [0.1, 0.15) is 17.5 Å². The zero-order valence-corrected chi connectivity index (χ0v) is 19.9. The SMILES string of the molecule is CNc1nc(Nc2ccc(C(=N)OC(C)=N)c(C)c2)nc2c1C(C)(C)CN2c1ccc(F)cc1. The maximum atomic E-state index is 13.5. The van der Waals surface area contributed by atoms with Crippen LogP contribution in [-0.4, -0.2) is 35.4 Å². The fourth-order valence-electron chi connectivity index (χ4n) is 4.22. The van der Waals surface area contributed by atoms with Crippen molar-refractivity contribution in [3.05, 3.63) is 65.0 Å². The number of aryl methyl sites for hydroxylation is 1. The van der Waals surface area contributed by atoms with E-state index in [0.29, 0.717) is 18.1 Å². The fourth-order valence-corrected chi connectivity index (χ4v) is 4.22. The van der Waals surface area contributed by atoms with Crippen LogP contribution in [-0.2, 0) is 10.2 Å². The predicted molar refractivity (Wildman–Crippen MR) is 134 cm³/mol. The van der Waals surface area contributed by atoms with Crippen molar-refractivity contribution < 1.29 is 9.13 Å². The molecule has 0 bridgehead atoms. The highest BCUT2D eigenvalue weighted by Crippen LogP contribution is 2.46. The Balaban J connectivity index is 1.70. The Morgan fingerprint density at radius 3 is 2.44 bits per heavy atom. The van der Waals surface area contributed by atoms with E-state index in [2.05, 4.69) is 29.4 Å². The molecule has 8 nitrogen and oxygen atoms in total. The zero-order valence-electron chi connectivity index (χ0n) is 19.9.